The molecule has 7 heteroatoms. The fraction of sp³-hybridized carbons (Fsp3) is 0.769. The van der Waals surface area contributed by atoms with Gasteiger partial charge in [-0.25, -0.2) is 8.42 Å². The second-order valence-corrected chi connectivity index (χ2v) is 8.02. The lowest BCUT2D eigenvalue weighted by Gasteiger charge is -2.33. The largest absolute Gasteiger partial charge is 0.493 e. The van der Waals surface area contributed by atoms with E-state index in [1.807, 2.05) is 11.6 Å². The summed E-state index contributed by atoms with van der Waals surface area (Å²) >= 11 is 0. The van der Waals surface area contributed by atoms with Gasteiger partial charge >= 0.3 is 0 Å². The van der Waals surface area contributed by atoms with E-state index in [9.17, 15) is 8.42 Å². The van der Waals surface area contributed by atoms with Crippen LogP contribution >= 0.6 is 0 Å². The summed E-state index contributed by atoms with van der Waals surface area (Å²) in [4.78, 5) is 0. The van der Waals surface area contributed by atoms with Crippen LogP contribution in [0.5, 0.6) is 5.75 Å². The van der Waals surface area contributed by atoms with Crippen LogP contribution in [0.3, 0.4) is 0 Å². The number of nitrogens with one attached hydrogen (secondary N) is 1. The van der Waals surface area contributed by atoms with E-state index >= 15 is 0 Å². The number of rotatable bonds is 7. The number of aromatic nitrogens is 2. The molecule has 1 N–H and O–H groups in total. The number of sulfone groups is 1. The first-order chi connectivity index (χ1) is 9.20. The fourth-order valence-electron chi connectivity index (χ4n) is 2.24. The molecule has 0 aromatic carbocycles. The van der Waals surface area contributed by atoms with E-state index in [-0.39, 0.29) is 0 Å². The van der Waals surface area contributed by atoms with Crippen LogP contribution in [0.4, 0.5) is 0 Å². The molecule has 6 nitrogen and oxygen atoms in total. The molecule has 1 atom stereocenters. The Labute approximate surface area is 121 Å². The van der Waals surface area contributed by atoms with Crippen LogP contribution < -0.4 is 10.1 Å². The second-order valence-electron chi connectivity index (χ2n) is 5.42. The third-order valence-electron chi connectivity index (χ3n) is 3.71. The van der Waals surface area contributed by atoms with Gasteiger partial charge in [0.05, 0.1) is 29.8 Å². The SMILES string of the molecule is CCCn1ncc(OC)c1C(NC)C(C)(C)S(C)(=O)=O. The lowest BCUT2D eigenvalue weighted by atomic mass is 9.99. The Balaban J connectivity index is 3.42. The Morgan fingerprint density at radius 3 is 2.50 bits per heavy atom. The van der Waals surface area contributed by atoms with E-state index in [0.717, 1.165) is 18.7 Å². The number of hydrogen-bond donors (Lipinski definition) is 1. The van der Waals surface area contributed by atoms with Crippen molar-refractivity contribution in [2.45, 2.75) is 44.5 Å². The van der Waals surface area contributed by atoms with E-state index < -0.39 is 20.6 Å². The maximum Gasteiger partial charge on any atom is 0.161 e. The van der Waals surface area contributed by atoms with Crippen molar-refractivity contribution >= 4 is 9.84 Å². The van der Waals surface area contributed by atoms with Crippen LogP contribution in [-0.4, -0.2) is 43.4 Å². The highest BCUT2D eigenvalue weighted by atomic mass is 32.2. The van der Waals surface area contributed by atoms with Crippen LogP contribution in [0.2, 0.25) is 0 Å². The molecular formula is C13H25N3O3S. The van der Waals surface area contributed by atoms with E-state index in [1.165, 1.54) is 6.26 Å². The first-order valence-electron chi connectivity index (χ1n) is 6.67. The molecule has 0 fully saturated rings. The highest BCUT2D eigenvalue weighted by molar-refractivity contribution is 7.92. The van der Waals surface area contributed by atoms with Gasteiger partial charge in [0.15, 0.2) is 15.6 Å². The lowest BCUT2D eigenvalue weighted by molar-refractivity contribution is 0.370. The number of ether oxygens (including phenoxy) is 1. The second kappa shape index (κ2) is 6.13. The van der Waals surface area contributed by atoms with E-state index in [0.29, 0.717) is 5.75 Å². The average molecular weight is 303 g/mol. The summed E-state index contributed by atoms with van der Waals surface area (Å²) in [6.07, 6.45) is 3.80. The zero-order valence-electron chi connectivity index (χ0n) is 13.1. The smallest absolute Gasteiger partial charge is 0.161 e. The molecule has 1 heterocycles. The van der Waals surface area contributed by atoms with Crippen molar-refractivity contribution in [3.63, 3.8) is 0 Å². The number of methoxy groups -OCH3 is 1. The zero-order chi connectivity index (χ0) is 15.6. The molecule has 0 saturated carbocycles. The molecule has 1 aromatic rings. The van der Waals surface area contributed by atoms with Gasteiger partial charge in [-0.3, -0.25) is 4.68 Å². The fourth-order valence-corrected chi connectivity index (χ4v) is 2.90. The molecule has 0 spiro atoms. The zero-order valence-corrected chi connectivity index (χ0v) is 13.9. The predicted molar refractivity (Wildman–Crippen MR) is 79.8 cm³/mol. The summed E-state index contributed by atoms with van der Waals surface area (Å²) in [6.45, 7) is 6.20. The van der Waals surface area contributed by atoms with E-state index in [4.69, 9.17) is 4.74 Å². The summed E-state index contributed by atoms with van der Waals surface area (Å²) in [5.74, 6) is 0.606. The van der Waals surface area contributed by atoms with Gasteiger partial charge in [0.2, 0.25) is 0 Å². The molecule has 0 radical (unpaired) electrons. The summed E-state index contributed by atoms with van der Waals surface area (Å²) in [5.41, 5.74) is 0.771. The molecule has 0 aliphatic carbocycles. The minimum absolute atomic E-state index is 0.401. The quantitative estimate of drug-likeness (QED) is 0.824. The van der Waals surface area contributed by atoms with Crippen LogP contribution in [0.15, 0.2) is 6.20 Å². The van der Waals surface area contributed by atoms with Gasteiger partial charge in [0.1, 0.15) is 0 Å². The summed E-state index contributed by atoms with van der Waals surface area (Å²) in [5, 5.41) is 7.40. The molecule has 0 aliphatic heterocycles. The summed E-state index contributed by atoms with van der Waals surface area (Å²) < 4.78 is 30.4. The first-order valence-corrected chi connectivity index (χ1v) is 8.56. The molecule has 1 rings (SSSR count). The number of nitrogens with zero attached hydrogens (tertiary/aromatic N) is 2. The van der Waals surface area contributed by atoms with Crippen molar-refractivity contribution in [3.8, 4) is 5.75 Å². The summed E-state index contributed by atoms with van der Waals surface area (Å²) in [6, 6.07) is -0.401. The standard InChI is InChI=1S/C13H25N3O3S/c1-7-8-16-11(10(19-5)9-15-16)12(14-4)13(2,3)20(6,17)18/h9,12,14H,7-8H2,1-6H3. The predicted octanol–water partition coefficient (Wildman–Crippen LogP) is 1.39. The molecule has 0 amide bonds. The van der Waals surface area contributed by atoms with Gasteiger partial charge in [-0.1, -0.05) is 6.92 Å². The molecule has 0 saturated heterocycles. The maximum absolute atomic E-state index is 12.1. The Bertz CT molecular complexity index is 549. The van der Waals surface area contributed by atoms with Crippen molar-refractivity contribution in [2.24, 2.45) is 0 Å². The van der Waals surface area contributed by atoms with Crippen LogP contribution in [0.25, 0.3) is 0 Å². The molecular weight excluding hydrogens is 278 g/mol. The number of aryl methyl sites for hydroxylation is 1. The summed E-state index contributed by atoms with van der Waals surface area (Å²) in [7, 11) is 0.0612. The van der Waals surface area contributed by atoms with Crippen LogP contribution in [0, 0.1) is 0 Å². The third kappa shape index (κ3) is 2.98. The Kier molecular flexibility index (Phi) is 5.21. The normalized spacial score (nSPS) is 14.3. The van der Waals surface area contributed by atoms with Gasteiger partial charge in [-0.15, -0.1) is 0 Å². The third-order valence-corrected chi connectivity index (χ3v) is 5.86. The topological polar surface area (TPSA) is 73.2 Å². The first kappa shape index (κ1) is 17.0. The molecule has 116 valence electrons. The number of hydrogen-bond acceptors (Lipinski definition) is 5. The van der Waals surface area contributed by atoms with Gasteiger partial charge in [-0.05, 0) is 27.3 Å². The molecule has 20 heavy (non-hydrogen) atoms. The van der Waals surface area contributed by atoms with Crippen molar-refractivity contribution in [2.75, 3.05) is 20.4 Å². The van der Waals surface area contributed by atoms with E-state index in [1.54, 1.807) is 34.2 Å². The Morgan fingerprint density at radius 1 is 1.50 bits per heavy atom. The van der Waals surface area contributed by atoms with Crippen LogP contribution in [-0.2, 0) is 16.4 Å². The van der Waals surface area contributed by atoms with Crippen molar-refractivity contribution in [1.29, 1.82) is 0 Å². The van der Waals surface area contributed by atoms with E-state index in [2.05, 4.69) is 10.4 Å². The van der Waals surface area contributed by atoms with Gasteiger partial charge in [0, 0.05) is 12.8 Å². The minimum atomic E-state index is -3.26. The Hall–Kier alpha value is -1.08. The molecule has 0 bridgehead atoms. The molecule has 0 aliphatic rings. The Morgan fingerprint density at radius 2 is 2.10 bits per heavy atom. The van der Waals surface area contributed by atoms with Gasteiger partial charge < -0.3 is 10.1 Å². The maximum atomic E-state index is 12.1. The van der Waals surface area contributed by atoms with Crippen molar-refractivity contribution < 1.29 is 13.2 Å². The van der Waals surface area contributed by atoms with Crippen LogP contribution in [0.1, 0.15) is 38.9 Å². The molecule has 1 unspecified atom stereocenters. The van der Waals surface area contributed by atoms with Crippen molar-refractivity contribution in [3.05, 3.63) is 11.9 Å². The van der Waals surface area contributed by atoms with Gasteiger partial charge in [-0.2, -0.15) is 5.10 Å². The minimum Gasteiger partial charge on any atom is -0.493 e. The van der Waals surface area contributed by atoms with Crippen molar-refractivity contribution in [1.82, 2.24) is 15.1 Å². The highest BCUT2D eigenvalue weighted by Gasteiger charge is 2.42. The lowest BCUT2D eigenvalue weighted by Crippen LogP contribution is -2.44. The molecule has 1 aromatic heterocycles. The highest BCUT2D eigenvalue weighted by Crippen LogP contribution is 2.36. The van der Waals surface area contributed by atoms with Gasteiger partial charge in [0.25, 0.3) is 0 Å². The average Bonchev–Trinajstić information content (AvgIpc) is 2.72. The monoisotopic (exact) mass is 303 g/mol.